The monoisotopic (exact) mass is 271 g/mol. The minimum atomic E-state index is -0.0636. The molecule has 1 rings (SSSR count). The van der Waals surface area contributed by atoms with E-state index in [-0.39, 0.29) is 18.0 Å². The highest BCUT2D eigenvalue weighted by Gasteiger charge is 2.27. The van der Waals surface area contributed by atoms with Crippen molar-refractivity contribution in [3.05, 3.63) is 0 Å². The number of piperidine rings is 1. The second-order valence-corrected chi connectivity index (χ2v) is 5.68. The molecule has 0 saturated carbocycles. The van der Waals surface area contributed by atoms with Crippen LogP contribution in [0.3, 0.4) is 0 Å². The van der Waals surface area contributed by atoms with Gasteiger partial charge < -0.3 is 11.1 Å². The van der Waals surface area contributed by atoms with Crippen molar-refractivity contribution in [2.45, 2.75) is 52.1 Å². The molecule has 0 aromatic heterocycles. The molecule has 0 spiro atoms. The van der Waals surface area contributed by atoms with Crippen LogP contribution in [0.1, 0.15) is 40.0 Å². The fourth-order valence-corrected chi connectivity index (χ4v) is 2.44. The molecule has 0 bridgehead atoms. The van der Waals surface area contributed by atoms with Crippen molar-refractivity contribution < 1.29 is 4.79 Å². The zero-order valence-corrected chi connectivity index (χ0v) is 12.4. The molecule has 2 unspecified atom stereocenters. The maximum Gasteiger partial charge on any atom is 0.237 e. The molecule has 1 aliphatic rings. The van der Waals surface area contributed by atoms with Crippen molar-refractivity contribution in [1.82, 2.24) is 10.2 Å². The fourth-order valence-electron chi connectivity index (χ4n) is 2.20. The SMILES string of the molecule is CCC(C)NC(=O)C(C)N1CCC(C(N)=S)CC1. The van der Waals surface area contributed by atoms with Gasteiger partial charge in [-0.05, 0) is 46.2 Å². The van der Waals surface area contributed by atoms with Gasteiger partial charge in [0, 0.05) is 12.0 Å². The van der Waals surface area contributed by atoms with Crippen molar-refractivity contribution in [2.75, 3.05) is 13.1 Å². The summed E-state index contributed by atoms with van der Waals surface area (Å²) < 4.78 is 0. The molecule has 0 aromatic rings. The molecular weight excluding hydrogens is 246 g/mol. The van der Waals surface area contributed by atoms with E-state index >= 15 is 0 Å². The van der Waals surface area contributed by atoms with E-state index in [0.29, 0.717) is 10.9 Å². The minimum absolute atomic E-state index is 0.0636. The first-order valence-electron chi connectivity index (χ1n) is 6.79. The molecular formula is C13H25N3OS. The Bertz CT molecular complexity index is 301. The summed E-state index contributed by atoms with van der Waals surface area (Å²) in [6.45, 7) is 7.88. The number of likely N-dealkylation sites (tertiary alicyclic amines) is 1. The van der Waals surface area contributed by atoms with Crippen LogP contribution in [0, 0.1) is 5.92 Å². The predicted molar refractivity (Wildman–Crippen MR) is 78.4 cm³/mol. The zero-order chi connectivity index (χ0) is 13.7. The van der Waals surface area contributed by atoms with Gasteiger partial charge in [-0.15, -0.1) is 0 Å². The van der Waals surface area contributed by atoms with Gasteiger partial charge in [0.15, 0.2) is 0 Å². The average Bonchev–Trinajstić information content (AvgIpc) is 2.37. The molecule has 5 heteroatoms. The van der Waals surface area contributed by atoms with E-state index in [0.717, 1.165) is 32.4 Å². The van der Waals surface area contributed by atoms with Gasteiger partial charge in [-0.3, -0.25) is 9.69 Å². The van der Waals surface area contributed by atoms with Gasteiger partial charge in [0.1, 0.15) is 0 Å². The van der Waals surface area contributed by atoms with Crippen LogP contribution >= 0.6 is 12.2 Å². The van der Waals surface area contributed by atoms with Crippen LogP contribution in [0.15, 0.2) is 0 Å². The lowest BCUT2D eigenvalue weighted by Crippen LogP contribution is -2.50. The molecule has 1 heterocycles. The summed E-state index contributed by atoms with van der Waals surface area (Å²) in [7, 11) is 0. The molecule has 1 amide bonds. The third-order valence-electron chi connectivity index (χ3n) is 3.86. The highest BCUT2D eigenvalue weighted by atomic mass is 32.1. The Hall–Kier alpha value is -0.680. The zero-order valence-electron chi connectivity index (χ0n) is 11.6. The van der Waals surface area contributed by atoms with Crippen LogP contribution in [0.5, 0.6) is 0 Å². The van der Waals surface area contributed by atoms with Crippen LogP contribution in [-0.2, 0) is 4.79 Å². The fraction of sp³-hybridized carbons (Fsp3) is 0.846. The standard InChI is InChI=1S/C13H25N3OS/c1-4-9(2)15-13(17)10(3)16-7-5-11(6-8-16)12(14)18/h9-11H,4-8H2,1-3H3,(H2,14,18)(H,15,17). The lowest BCUT2D eigenvalue weighted by molar-refractivity contribution is -0.127. The van der Waals surface area contributed by atoms with Crippen molar-refractivity contribution >= 4 is 23.1 Å². The topological polar surface area (TPSA) is 58.4 Å². The predicted octanol–water partition coefficient (Wildman–Crippen LogP) is 1.29. The lowest BCUT2D eigenvalue weighted by atomic mass is 9.96. The molecule has 1 saturated heterocycles. The highest BCUT2D eigenvalue weighted by molar-refractivity contribution is 7.80. The Balaban J connectivity index is 2.42. The lowest BCUT2D eigenvalue weighted by Gasteiger charge is -2.35. The van der Waals surface area contributed by atoms with E-state index in [9.17, 15) is 4.79 Å². The normalized spacial score (nSPS) is 21.3. The van der Waals surface area contributed by atoms with Crippen LogP contribution in [0.2, 0.25) is 0 Å². The first-order valence-corrected chi connectivity index (χ1v) is 7.20. The number of amides is 1. The van der Waals surface area contributed by atoms with Crippen LogP contribution in [-0.4, -0.2) is 41.0 Å². The number of carbonyl (C=O) groups is 1. The molecule has 1 fully saturated rings. The first kappa shape index (κ1) is 15.4. The summed E-state index contributed by atoms with van der Waals surface area (Å²) in [6.07, 6.45) is 2.90. The summed E-state index contributed by atoms with van der Waals surface area (Å²) in [5.41, 5.74) is 5.67. The second-order valence-electron chi connectivity index (χ2n) is 5.21. The van der Waals surface area contributed by atoms with Gasteiger partial charge in [-0.1, -0.05) is 19.1 Å². The molecule has 1 aliphatic heterocycles. The molecule has 3 N–H and O–H groups in total. The molecule has 2 atom stereocenters. The maximum atomic E-state index is 12.0. The van der Waals surface area contributed by atoms with Gasteiger partial charge in [0.05, 0.1) is 11.0 Å². The van der Waals surface area contributed by atoms with Gasteiger partial charge in [0.25, 0.3) is 0 Å². The summed E-state index contributed by atoms with van der Waals surface area (Å²) in [5, 5.41) is 3.03. The maximum absolute atomic E-state index is 12.0. The van der Waals surface area contributed by atoms with E-state index in [1.165, 1.54) is 0 Å². The Kier molecular flexibility index (Phi) is 6.02. The average molecular weight is 271 g/mol. The van der Waals surface area contributed by atoms with Crippen LogP contribution < -0.4 is 11.1 Å². The van der Waals surface area contributed by atoms with Crippen LogP contribution in [0.25, 0.3) is 0 Å². The van der Waals surface area contributed by atoms with Crippen molar-refractivity contribution in [3.63, 3.8) is 0 Å². The Morgan fingerprint density at radius 2 is 2.00 bits per heavy atom. The molecule has 0 aromatic carbocycles. The molecule has 104 valence electrons. The molecule has 0 radical (unpaired) electrons. The van der Waals surface area contributed by atoms with Crippen molar-refractivity contribution in [2.24, 2.45) is 11.7 Å². The number of nitrogens with one attached hydrogen (secondary N) is 1. The number of hydrogen-bond acceptors (Lipinski definition) is 3. The van der Waals surface area contributed by atoms with Gasteiger partial charge in [-0.25, -0.2) is 0 Å². The quantitative estimate of drug-likeness (QED) is 0.740. The number of thiocarbonyl (C=S) groups is 1. The Morgan fingerprint density at radius 3 is 2.44 bits per heavy atom. The van der Waals surface area contributed by atoms with E-state index in [1.807, 2.05) is 13.8 Å². The summed E-state index contributed by atoms with van der Waals surface area (Å²) in [5.74, 6) is 0.471. The number of nitrogens with zero attached hydrogens (tertiary/aromatic N) is 1. The largest absolute Gasteiger partial charge is 0.393 e. The minimum Gasteiger partial charge on any atom is -0.393 e. The van der Waals surface area contributed by atoms with Crippen LogP contribution in [0.4, 0.5) is 0 Å². The van der Waals surface area contributed by atoms with Gasteiger partial charge in [0.2, 0.25) is 5.91 Å². The molecule has 0 aliphatic carbocycles. The third kappa shape index (κ3) is 4.21. The summed E-state index contributed by atoms with van der Waals surface area (Å²) in [4.78, 5) is 14.9. The van der Waals surface area contributed by atoms with Gasteiger partial charge >= 0.3 is 0 Å². The summed E-state index contributed by atoms with van der Waals surface area (Å²) >= 11 is 5.02. The summed E-state index contributed by atoms with van der Waals surface area (Å²) in [6, 6.07) is 0.181. The molecule has 4 nitrogen and oxygen atoms in total. The third-order valence-corrected chi connectivity index (χ3v) is 4.19. The second kappa shape index (κ2) is 7.04. The van der Waals surface area contributed by atoms with E-state index in [1.54, 1.807) is 0 Å². The van der Waals surface area contributed by atoms with Gasteiger partial charge in [-0.2, -0.15) is 0 Å². The number of carbonyl (C=O) groups excluding carboxylic acids is 1. The van der Waals surface area contributed by atoms with E-state index in [2.05, 4.69) is 17.1 Å². The number of rotatable bonds is 5. The van der Waals surface area contributed by atoms with E-state index < -0.39 is 0 Å². The smallest absolute Gasteiger partial charge is 0.237 e. The van der Waals surface area contributed by atoms with Crippen molar-refractivity contribution in [1.29, 1.82) is 0 Å². The number of nitrogens with two attached hydrogens (primary N) is 1. The Labute approximate surface area is 115 Å². The Morgan fingerprint density at radius 1 is 1.44 bits per heavy atom. The van der Waals surface area contributed by atoms with Crippen molar-refractivity contribution in [3.8, 4) is 0 Å². The van der Waals surface area contributed by atoms with E-state index in [4.69, 9.17) is 18.0 Å². The molecule has 18 heavy (non-hydrogen) atoms. The first-order chi connectivity index (χ1) is 8.45. The number of hydrogen-bond donors (Lipinski definition) is 2. The highest BCUT2D eigenvalue weighted by Crippen LogP contribution is 2.19.